The fraction of sp³-hybridized carbons (Fsp3) is 0.379. The first-order valence-electron chi connectivity index (χ1n) is 11.7. The van der Waals surface area contributed by atoms with Gasteiger partial charge in [0.25, 0.3) is 0 Å². The second-order valence-electron chi connectivity index (χ2n) is 8.80. The summed E-state index contributed by atoms with van der Waals surface area (Å²) in [7, 11) is 0. The lowest BCUT2D eigenvalue weighted by atomic mass is 9.99. The van der Waals surface area contributed by atoms with Crippen LogP contribution in [0.5, 0.6) is 5.75 Å². The van der Waals surface area contributed by atoms with E-state index in [-0.39, 0.29) is 6.61 Å². The molecule has 0 aliphatic carbocycles. The summed E-state index contributed by atoms with van der Waals surface area (Å²) in [6.45, 7) is 10.7. The van der Waals surface area contributed by atoms with Gasteiger partial charge in [0.1, 0.15) is 12.4 Å². The molecule has 1 N–H and O–H groups in total. The minimum Gasteiger partial charge on any atom is -0.489 e. The van der Waals surface area contributed by atoms with Gasteiger partial charge < -0.3 is 9.84 Å². The lowest BCUT2D eigenvalue weighted by molar-refractivity contribution is 0.172. The maximum atomic E-state index is 9.61. The second kappa shape index (κ2) is 11.8. The third kappa shape index (κ3) is 6.44. The summed E-state index contributed by atoms with van der Waals surface area (Å²) in [6, 6.07) is 26.0. The number of aliphatic hydroxyl groups excluding tert-OH is 1. The number of hydrogen-bond donors (Lipinski definition) is 1. The summed E-state index contributed by atoms with van der Waals surface area (Å²) in [6.07, 6.45) is 1.79. The molecule has 1 atom stereocenters. The van der Waals surface area contributed by atoms with E-state index in [4.69, 9.17) is 4.74 Å². The van der Waals surface area contributed by atoms with Crippen molar-refractivity contribution in [3.05, 3.63) is 101 Å². The van der Waals surface area contributed by atoms with Crippen LogP contribution in [0.4, 0.5) is 0 Å². The Bertz CT molecular complexity index is 968. The Balaban J connectivity index is 1.77. The Labute approximate surface area is 193 Å². The molecule has 3 rings (SSSR count). The van der Waals surface area contributed by atoms with Gasteiger partial charge in [-0.25, -0.2) is 0 Å². The van der Waals surface area contributed by atoms with Crippen LogP contribution in [0, 0.1) is 0 Å². The van der Waals surface area contributed by atoms with Crippen molar-refractivity contribution in [1.82, 2.24) is 4.90 Å². The van der Waals surface area contributed by atoms with Crippen LogP contribution < -0.4 is 4.74 Å². The fourth-order valence-corrected chi connectivity index (χ4v) is 4.50. The zero-order valence-electron chi connectivity index (χ0n) is 19.9. The summed E-state index contributed by atoms with van der Waals surface area (Å²) >= 11 is 0. The number of likely N-dealkylation sites (N-methyl/N-ethyl adjacent to an activating group) is 1. The molecule has 0 aromatic heterocycles. The van der Waals surface area contributed by atoms with Crippen molar-refractivity contribution in [3.63, 3.8) is 0 Å². The van der Waals surface area contributed by atoms with Crippen molar-refractivity contribution in [2.75, 3.05) is 6.54 Å². The summed E-state index contributed by atoms with van der Waals surface area (Å²) in [5.41, 5.74) is 5.82. The van der Waals surface area contributed by atoms with Crippen molar-refractivity contribution < 1.29 is 9.84 Å². The first-order chi connectivity index (χ1) is 15.5. The zero-order chi connectivity index (χ0) is 22.9. The van der Waals surface area contributed by atoms with Crippen molar-refractivity contribution in [3.8, 4) is 5.75 Å². The van der Waals surface area contributed by atoms with Crippen LogP contribution in [0.1, 0.15) is 55.5 Å². The SMILES string of the molecule is CCN(C(C)C)C(C)Cc1ccccc1COc1ccc(CO)cc1Cc1ccccc1. The lowest BCUT2D eigenvalue weighted by Gasteiger charge is -2.32. The number of rotatable bonds is 11. The molecule has 0 saturated heterocycles. The highest BCUT2D eigenvalue weighted by Crippen LogP contribution is 2.25. The maximum Gasteiger partial charge on any atom is 0.123 e. The maximum absolute atomic E-state index is 9.61. The Hall–Kier alpha value is -2.62. The molecule has 0 amide bonds. The van der Waals surface area contributed by atoms with E-state index in [1.54, 1.807) is 0 Å². The number of hydrogen-bond acceptors (Lipinski definition) is 3. The van der Waals surface area contributed by atoms with Crippen LogP contribution in [0.15, 0.2) is 72.8 Å². The molecular formula is C29H37NO2. The molecule has 0 radical (unpaired) electrons. The largest absolute Gasteiger partial charge is 0.489 e. The molecular weight excluding hydrogens is 394 g/mol. The van der Waals surface area contributed by atoms with Gasteiger partial charge in [0.15, 0.2) is 0 Å². The average molecular weight is 432 g/mol. The summed E-state index contributed by atoms with van der Waals surface area (Å²) in [5, 5.41) is 9.61. The molecule has 0 aliphatic heterocycles. The number of nitrogens with zero attached hydrogens (tertiary/aromatic N) is 1. The van der Waals surface area contributed by atoms with Gasteiger partial charge in [-0.2, -0.15) is 0 Å². The Morgan fingerprint density at radius 1 is 0.812 bits per heavy atom. The molecule has 3 heteroatoms. The predicted octanol–water partition coefficient (Wildman–Crippen LogP) is 6.01. The molecule has 0 saturated carbocycles. The third-order valence-corrected chi connectivity index (χ3v) is 6.16. The van der Waals surface area contributed by atoms with Crippen molar-refractivity contribution in [2.24, 2.45) is 0 Å². The van der Waals surface area contributed by atoms with Crippen LogP contribution in [0.2, 0.25) is 0 Å². The minimum absolute atomic E-state index is 0.0343. The van der Waals surface area contributed by atoms with Crippen LogP contribution in [-0.4, -0.2) is 28.6 Å². The van der Waals surface area contributed by atoms with Crippen LogP contribution in [0.3, 0.4) is 0 Å². The molecule has 0 aliphatic rings. The van der Waals surface area contributed by atoms with Gasteiger partial charge in [-0.3, -0.25) is 4.90 Å². The molecule has 1 unspecified atom stereocenters. The van der Waals surface area contributed by atoms with Gasteiger partial charge in [-0.15, -0.1) is 0 Å². The normalized spacial score (nSPS) is 12.3. The predicted molar refractivity (Wildman–Crippen MR) is 133 cm³/mol. The van der Waals surface area contributed by atoms with E-state index in [0.29, 0.717) is 18.7 Å². The fourth-order valence-electron chi connectivity index (χ4n) is 4.50. The molecule has 0 spiro atoms. The molecule has 0 bridgehead atoms. The smallest absolute Gasteiger partial charge is 0.123 e. The lowest BCUT2D eigenvalue weighted by Crippen LogP contribution is -2.39. The molecule has 3 aromatic carbocycles. The molecule has 3 aromatic rings. The second-order valence-corrected chi connectivity index (χ2v) is 8.80. The average Bonchev–Trinajstić information content (AvgIpc) is 2.80. The number of ether oxygens (including phenoxy) is 1. The van der Waals surface area contributed by atoms with E-state index in [9.17, 15) is 5.11 Å². The minimum atomic E-state index is 0.0343. The molecule has 0 heterocycles. The zero-order valence-corrected chi connectivity index (χ0v) is 19.9. The number of aliphatic hydroxyl groups is 1. The van der Waals surface area contributed by atoms with E-state index in [0.717, 1.165) is 36.3 Å². The van der Waals surface area contributed by atoms with Crippen LogP contribution >= 0.6 is 0 Å². The Morgan fingerprint density at radius 3 is 2.16 bits per heavy atom. The Kier molecular flexibility index (Phi) is 8.90. The topological polar surface area (TPSA) is 32.7 Å². The summed E-state index contributed by atoms with van der Waals surface area (Å²) < 4.78 is 6.36. The first kappa shape index (κ1) is 24.0. The van der Waals surface area contributed by atoms with Crippen molar-refractivity contribution in [1.29, 1.82) is 0 Å². The van der Waals surface area contributed by atoms with E-state index in [1.807, 2.05) is 18.2 Å². The van der Waals surface area contributed by atoms with E-state index in [1.165, 1.54) is 16.7 Å². The van der Waals surface area contributed by atoms with Gasteiger partial charge in [0.05, 0.1) is 6.61 Å². The van der Waals surface area contributed by atoms with Crippen molar-refractivity contribution >= 4 is 0 Å². The molecule has 32 heavy (non-hydrogen) atoms. The monoisotopic (exact) mass is 431 g/mol. The molecule has 0 fully saturated rings. The summed E-state index contributed by atoms with van der Waals surface area (Å²) in [5.74, 6) is 0.881. The Morgan fingerprint density at radius 2 is 1.50 bits per heavy atom. The molecule has 170 valence electrons. The van der Waals surface area contributed by atoms with E-state index < -0.39 is 0 Å². The highest BCUT2D eigenvalue weighted by molar-refractivity contribution is 5.41. The molecule has 3 nitrogen and oxygen atoms in total. The van der Waals surface area contributed by atoms with E-state index in [2.05, 4.69) is 87.2 Å². The standard InChI is InChI=1S/C29H37NO2/c1-5-30(22(2)3)23(4)17-26-13-9-10-14-27(26)21-32-29-16-15-25(20-31)19-28(29)18-24-11-7-6-8-12-24/h6-16,19,22-23,31H,5,17-18,20-21H2,1-4H3. The quantitative estimate of drug-likeness (QED) is 0.403. The van der Waals surface area contributed by atoms with Gasteiger partial charge in [0.2, 0.25) is 0 Å². The van der Waals surface area contributed by atoms with Gasteiger partial charge in [-0.05, 0) is 73.7 Å². The van der Waals surface area contributed by atoms with Gasteiger partial charge >= 0.3 is 0 Å². The van der Waals surface area contributed by atoms with Crippen molar-refractivity contribution in [2.45, 2.75) is 65.8 Å². The van der Waals surface area contributed by atoms with Gasteiger partial charge in [0, 0.05) is 18.5 Å². The first-order valence-corrected chi connectivity index (χ1v) is 11.7. The van der Waals surface area contributed by atoms with Crippen LogP contribution in [0.25, 0.3) is 0 Å². The number of benzene rings is 3. The summed E-state index contributed by atoms with van der Waals surface area (Å²) in [4.78, 5) is 2.53. The van der Waals surface area contributed by atoms with Gasteiger partial charge in [-0.1, -0.05) is 67.6 Å². The third-order valence-electron chi connectivity index (χ3n) is 6.16. The van der Waals surface area contributed by atoms with E-state index >= 15 is 0 Å². The highest BCUT2D eigenvalue weighted by atomic mass is 16.5. The van der Waals surface area contributed by atoms with Crippen LogP contribution in [-0.2, 0) is 26.1 Å². The highest BCUT2D eigenvalue weighted by Gasteiger charge is 2.17.